The molecule has 0 aliphatic rings. The highest BCUT2D eigenvalue weighted by Gasteiger charge is 2.18. The molecule has 9 heavy (non-hydrogen) atoms. The number of carbonyl (C=O) groups is 1. The largest absolute Gasteiger partial charge is 0.443 e. The van der Waals surface area contributed by atoms with Gasteiger partial charge in [-0.05, 0) is 13.8 Å². The predicted molar refractivity (Wildman–Crippen MR) is 38.6 cm³/mol. The van der Waals surface area contributed by atoms with Crippen LogP contribution in [0.2, 0.25) is 0 Å². The number of hydrogen-bond acceptors (Lipinski definition) is 3. The number of hydrogen-bond donors (Lipinski definition) is 2. The summed E-state index contributed by atoms with van der Waals surface area (Å²) in [6.45, 7) is 3.48. The molecule has 0 atom stereocenters. The predicted octanol–water partition coefficient (Wildman–Crippen LogP) is 0.790. The summed E-state index contributed by atoms with van der Waals surface area (Å²) in [4.78, 5) is 10.1. The van der Waals surface area contributed by atoms with Gasteiger partial charge in [0.2, 0.25) is 0 Å². The van der Waals surface area contributed by atoms with Gasteiger partial charge in [-0.15, -0.1) is 0 Å². The van der Waals surface area contributed by atoms with Crippen LogP contribution in [0, 0.1) is 0 Å². The van der Waals surface area contributed by atoms with Crippen LogP contribution in [0.5, 0.6) is 0 Å². The first-order chi connectivity index (χ1) is 3.98. The van der Waals surface area contributed by atoms with Gasteiger partial charge >= 0.3 is 6.09 Å². The van der Waals surface area contributed by atoms with E-state index in [-0.39, 0.29) is 0 Å². The van der Waals surface area contributed by atoms with Gasteiger partial charge < -0.3 is 10.5 Å². The van der Waals surface area contributed by atoms with Crippen LogP contribution in [0.3, 0.4) is 0 Å². The molecule has 0 aromatic rings. The van der Waals surface area contributed by atoms with E-state index >= 15 is 0 Å². The van der Waals surface area contributed by atoms with Gasteiger partial charge in [-0.25, -0.2) is 4.79 Å². The van der Waals surface area contributed by atoms with Crippen LogP contribution in [0.15, 0.2) is 0 Å². The molecule has 0 aliphatic carbocycles. The van der Waals surface area contributed by atoms with E-state index in [1.807, 2.05) is 0 Å². The van der Waals surface area contributed by atoms with Crippen LogP contribution in [0.4, 0.5) is 4.79 Å². The molecule has 0 spiro atoms. The molecule has 0 bridgehead atoms. The van der Waals surface area contributed by atoms with Crippen molar-refractivity contribution in [3.8, 4) is 0 Å². The van der Waals surface area contributed by atoms with Crippen molar-refractivity contribution in [2.24, 2.45) is 5.73 Å². The fraction of sp³-hybridized carbons (Fsp3) is 0.800. The second kappa shape index (κ2) is 2.96. The molecule has 0 heterocycles. The molecule has 0 aromatic heterocycles. The summed E-state index contributed by atoms with van der Waals surface area (Å²) in [5.74, 6) is 0.468. The molecule has 4 heteroatoms. The number of nitrogens with two attached hydrogens (primary N) is 1. The lowest BCUT2D eigenvalue weighted by molar-refractivity contribution is 0.0637. The maximum atomic E-state index is 10.1. The van der Waals surface area contributed by atoms with E-state index in [2.05, 4.69) is 17.4 Å². The quantitative estimate of drug-likeness (QED) is 0.570. The molecule has 0 rings (SSSR count). The second-order valence-electron chi connectivity index (χ2n) is 2.34. The maximum Gasteiger partial charge on any atom is 0.405 e. The number of carbonyl (C=O) groups excluding carboxylic acids is 1. The molecular formula is C5H11NO2S. The average molecular weight is 149 g/mol. The van der Waals surface area contributed by atoms with Gasteiger partial charge in [0.15, 0.2) is 0 Å². The summed E-state index contributed by atoms with van der Waals surface area (Å²) in [6.07, 6.45) is -0.756. The van der Waals surface area contributed by atoms with Crippen molar-refractivity contribution < 1.29 is 9.53 Å². The van der Waals surface area contributed by atoms with Crippen molar-refractivity contribution >= 4 is 18.7 Å². The Labute approximate surface area is 60.0 Å². The van der Waals surface area contributed by atoms with Crippen molar-refractivity contribution in [1.82, 2.24) is 0 Å². The van der Waals surface area contributed by atoms with Gasteiger partial charge in [-0.2, -0.15) is 12.6 Å². The van der Waals surface area contributed by atoms with E-state index in [9.17, 15) is 4.79 Å². The van der Waals surface area contributed by atoms with E-state index in [4.69, 9.17) is 5.73 Å². The molecule has 54 valence electrons. The monoisotopic (exact) mass is 149 g/mol. The Bertz CT molecular complexity index is 114. The SMILES string of the molecule is CC(C)(CS)OC(N)=O. The topological polar surface area (TPSA) is 52.3 Å². The first kappa shape index (κ1) is 8.62. The Hall–Kier alpha value is -0.380. The lowest BCUT2D eigenvalue weighted by atomic mass is 10.2. The number of rotatable bonds is 2. The zero-order valence-corrected chi connectivity index (χ0v) is 6.44. The molecule has 0 saturated carbocycles. The van der Waals surface area contributed by atoms with Crippen LogP contribution in [-0.4, -0.2) is 17.4 Å². The summed E-state index contributed by atoms with van der Waals surface area (Å²) < 4.78 is 4.65. The number of amides is 1. The lowest BCUT2D eigenvalue weighted by Crippen LogP contribution is -2.32. The summed E-state index contributed by atoms with van der Waals surface area (Å²) in [7, 11) is 0. The third-order valence-corrected chi connectivity index (χ3v) is 1.52. The van der Waals surface area contributed by atoms with Crippen molar-refractivity contribution in [1.29, 1.82) is 0 Å². The minimum atomic E-state index is -0.756. The number of ether oxygens (including phenoxy) is 1. The molecule has 2 N–H and O–H groups in total. The van der Waals surface area contributed by atoms with Gasteiger partial charge in [-0.1, -0.05) is 0 Å². The van der Waals surface area contributed by atoms with Crippen molar-refractivity contribution in [2.45, 2.75) is 19.4 Å². The Kier molecular flexibility index (Phi) is 2.84. The van der Waals surface area contributed by atoms with Gasteiger partial charge in [0, 0.05) is 5.75 Å². The van der Waals surface area contributed by atoms with E-state index in [1.165, 1.54) is 0 Å². The fourth-order valence-corrected chi connectivity index (χ4v) is 0.369. The van der Waals surface area contributed by atoms with Crippen LogP contribution in [0.1, 0.15) is 13.8 Å². The van der Waals surface area contributed by atoms with E-state index in [0.29, 0.717) is 5.75 Å². The van der Waals surface area contributed by atoms with E-state index in [0.717, 1.165) is 0 Å². The summed E-state index contributed by atoms with van der Waals surface area (Å²) in [6, 6.07) is 0. The van der Waals surface area contributed by atoms with Gasteiger partial charge in [0.1, 0.15) is 5.60 Å². The lowest BCUT2D eigenvalue weighted by Gasteiger charge is -2.20. The highest BCUT2D eigenvalue weighted by atomic mass is 32.1. The molecule has 0 fully saturated rings. The van der Waals surface area contributed by atoms with Gasteiger partial charge in [0.25, 0.3) is 0 Å². The van der Waals surface area contributed by atoms with Crippen LogP contribution >= 0.6 is 12.6 Å². The average Bonchev–Trinajstić information content (AvgIpc) is 1.63. The van der Waals surface area contributed by atoms with Crippen molar-refractivity contribution in [3.05, 3.63) is 0 Å². The Morgan fingerprint density at radius 2 is 2.22 bits per heavy atom. The third kappa shape index (κ3) is 4.14. The molecule has 1 amide bonds. The van der Waals surface area contributed by atoms with E-state index < -0.39 is 11.7 Å². The van der Waals surface area contributed by atoms with Crippen LogP contribution in [0.25, 0.3) is 0 Å². The number of primary amides is 1. The first-order valence-corrected chi connectivity index (χ1v) is 3.20. The molecule has 0 radical (unpaired) electrons. The minimum absolute atomic E-state index is 0.468. The Morgan fingerprint density at radius 1 is 1.78 bits per heavy atom. The third-order valence-electron chi connectivity index (χ3n) is 0.758. The minimum Gasteiger partial charge on any atom is -0.443 e. The Morgan fingerprint density at radius 3 is 2.33 bits per heavy atom. The molecule has 0 aliphatic heterocycles. The van der Waals surface area contributed by atoms with Crippen molar-refractivity contribution in [2.75, 3.05) is 5.75 Å². The summed E-state index contributed by atoms with van der Waals surface area (Å²) >= 11 is 3.94. The molecule has 3 nitrogen and oxygen atoms in total. The normalized spacial score (nSPS) is 11.0. The zero-order valence-electron chi connectivity index (χ0n) is 5.55. The number of thiol groups is 1. The highest BCUT2D eigenvalue weighted by Crippen LogP contribution is 2.09. The van der Waals surface area contributed by atoms with Crippen molar-refractivity contribution in [3.63, 3.8) is 0 Å². The first-order valence-electron chi connectivity index (χ1n) is 2.57. The molecule has 0 unspecified atom stereocenters. The fourth-order valence-electron chi connectivity index (χ4n) is 0.305. The maximum absolute atomic E-state index is 10.1. The Balaban J connectivity index is 3.71. The second-order valence-corrected chi connectivity index (χ2v) is 2.66. The highest BCUT2D eigenvalue weighted by molar-refractivity contribution is 7.80. The van der Waals surface area contributed by atoms with Crippen LogP contribution in [-0.2, 0) is 4.74 Å². The van der Waals surface area contributed by atoms with Gasteiger partial charge in [-0.3, -0.25) is 0 Å². The molecular weight excluding hydrogens is 138 g/mol. The summed E-state index contributed by atoms with van der Waals surface area (Å²) in [5, 5.41) is 0. The molecule has 0 saturated heterocycles. The zero-order chi connectivity index (χ0) is 7.49. The smallest absolute Gasteiger partial charge is 0.405 e. The standard InChI is InChI=1S/C5H11NO2S/c1-5(2,3-9)8-4(6)7/h9H,3H2,1-2H3,(H2,6,7). The van der Waals surface area contributed by atoms with Gasteiger partial charge in [0.05, 0.1) is 0 Å². The summed E-state index contributed by atoms with van der Waals surface area (Å²) in [5.41, 5.74) is 4.21. The molecule has 0 aromatic carbocycles. The van der Waals surface area contributed by atoms with Crippen LogP contribution < -0.4 is 5.73 Å². The van der Waals surface area contributed by atoms with E-state index in [1.54, 1.807) is 13.8 Å².